The molecule has 0 unspecified atom stereocenters. The summed E-state index contributed by atoms with van der Waals surface area (Å²) in [6, 6.07) is 15.4. The summed E-state index contributed by atoms with van der Waals surface area (Å²) >= 11 is 0. The van der Waals surface area contributed by atoms with Crippen LogP contribution in [0.5, 0.6) is 0 Å². The van der Waals surface area contributed by atoms with Gasteiger partial charge >= 0.3 is 0 Å². The molecule has 0 saturated carbocycles. The van der Waals surface area contributed by atoms with E-state index in [1.807, 2.05) is 73.1 Å². The maximum Gasteiger partial charge on any atom is 0.273 e. The Labute approximate surface area is 150 Å². The predicted molar refractivity (Wildman–Crippen MR) is 103 cm³/mol. The van der Waals surface area contributed by atoms with Gasteiger partial charge < -0.3 is 0 Å². The Bertz CT molecular complexity index is 1150. The molecule has 3 heterocycles. The van der Waals surface area contributed by atoms with E-state index in [2.05, 4.69) is 9.97 Å². The fraction of sp³-hybridized carbons (Fsp3) is 0.0952. The largest absolute Gasteiger partial charge is 0.273 e. The van der Waals surface area contributed by atoms with Crippen LogP contribution in [0.25, 0.3) is 23.5 Å². The summed E-state index contributed by atoms with van der Waals surface area (Å²) in [6.07, 6.45) is 7.22. The van der Waals surface area contributed by atoms with Gasteiger partial charge in [-0.15, -0.1) is 0 Å². The molecular formula is C21H18N4O. The first-order chi connectivity index (χ1) is 12.6. The smallest absolute Gasteiger partial charge is 0.267 e. The second kappa shape index (κ2) is 6.44. The molecule has 0 N–H and O–H groups in total. The Morgan fingerprint density at radius 3 is 2.54 bits per heavy atom. The Kier molecular flexibility index (Phi) is 3.97. The molecule has 4 rings (SSSR count). The van der Waals surface area contributed by atoms with Crippen LogP contribution in [0, 0.1) is 13.8 Å². The maximum atomic E-state index is 12.7. The highest BCUT2D eigenvalue weighted by Crippen LogP contribution is 2.15. The third-order valence-electron chi connectivity index (χ3n) is 4.22. The van der Waals surface area contributed by atoms with E-state index in [9.17, 15) is 4.79 Å². The van der Waals surface area contributed by atoms with E-state index >= 15 is 0 Å². The number of rotatable bonds is 3. The summed E-state index contributed by atoms with van der Waals surface area (Å²) in [5, 5.41) is 0. The number of aryl methyl sites for hydroxylation is 2. The fourth-order valence-corrected chi connectivity index (χ4v) is 2.96. The minimum atomic E-state index is -0.116. The highest BCUT2D eigenvalue weighted by atomic mass is 16.1. The number of nitrogens with zero attached hydrogens (tertiary/aromatic N) is 4. The second-order valence-electron chi connectivity index (χ2n) is 6.24. The van der Waals surface area contributed by atoms with Gasteiger partial charge in [-0.1, -0.05) is 29.8 Å². The van der Waals surface area contributed by atoms with Crippen LogP contribution in [0.15, 0.2) is 65.7 Å². The molecule has 0 radical (unpaired) electrons. The molecule has 0 aliphatic rings. The monoisotopic (exact) mass is 342 g/mol. The Morgan fingerprint density at radius 2 is 1.81 bits per heavy atom. The van der Waals surface area contributed by atoms with Gasteiger partial charge in [0.15, 0.2) is 5.65 Å². The van der Waals surface area contributed by atoms with Crippen LogP contribution in [0.3, 0.4) is 0 Å². The van der Waals surface area contributed by atoms with Crippen molar-refractivity contribution < 1.29 is 0 Å². The van der Waals surface area contributed by atoms with Gasteiger partial charge in [0.05, 0.1) is 11.4 Å². The van der Waals surface area contributed by atoms with E-state index in [0.717, 1.165) is 16.9 Å². The van der Waals surface area contributed by atoms with Crippen molar-refractivity contribution in [2.45, 2.75) is 13.8 Å². The van der Waals surface area contributed by atoms with E-state index in [0.29, 0.717) is 11.3 Å². The molecule has 26 heavy (non-hydrogen) atoms. The van der Waals surface area contributed by atoms with Crippen molar-refractivity contribution in [3.63, 3.8) is 0 Å². The molecular weight excluding hydrogens is 324 g/mol. The van der Waals surface area contributed by atoms with Crippen LogP contribution in [0.4, 0.5) is 0 Å². The van der Waals surface area contributed by atoms with E-state index in [1.54, 1.807) is 23.0 Å². The lowest BCUT2D eigenvalue weighted by Crippen LogP contribution is -2.20. The minimum Gasteiger partial charge on any atom is -0.267 e. The van der Waals surface area contributed by atoms with Gasteiger partial charge in [-0.2, -0.15) is 4.52 Å². The number of hydrogen-bond acceptors (Lipinski definition) is 3. The molecule has 5 nitrogen and oxygen atoms in total. The van der Waals surface area contributed by atoms with Gasteiger partial charge in [-0.3, -0.25) is 9.78 Å². The van der Waals surface area contributed by atoms with Gasteiger partial charge in [-0.25, -0.2) is 9.67 Å². The third-order valence-corrected chi connectivity index (χ3v) is 4.22. The summed E-state index contributed by atoms with van der Waals surface area (Å²) in [5.41, 5.74) is 5.16. The molecule has 0 aliphatic carbocycles. The molecule has 0 bridgehead atoms. The van der Waals surface area contributed by atoms with Crippen molar-refractivity contribution in [3.05, 3.63) is 93.8 Å². The van der Waals surface area contributed by atoms with Crippen LogP contribution in [0.1, 0.15) is 22.5 Å². The standard InChI is InChI=1S/C21H18N4O/c1-15-5-9-19(10-6-15)24-16(2)12-20-23-18(13-21(26)25(20)24)8-7-17-4-3-11-22-14-17/h3-14H,1-2H3/b8-7+. The zero-order valence-corrected chi connectivity index (χ0v) is 14.6. The number of fused-ring (bicyclic) bond motifs is 1. The first kappa shape index (κ1) is 16.0. The Hall–Kier alpha value is -3.47. The van der Waals surface area contributed by atoms with Crippen LogP contribution >= 0.6 is 0 Å². The molecule has 128 valence electrons. The van der Waals surface area contributed by atoms with Crippen molar-refractivity contribution in [2.24, 2.45) is 0 Å². The molecule has 4 aromatic rings. The normalized spacial score (nSPS) is 11.5. The topological polar surface area (TPSA) is 52.2 Å². The Balaban J connectivity index is 1.81. The summed E-state index contributed by atoms with van der Waals surface area (Å²) < 4.78 is 3.49. The van der Waals surface area contributed by atoms with Gasteiger partial charge in [-0.05, 0) is 43.7 Å². The number of benzene rings is 1. The van der Waals surface area contributed by atoms with E-state index in [-0.39, 0.29) is 5.56 Å². The highest BCUT2D eigenvalue weighted by molar-refractivity contribution is 5.68. The molecule has 0 fully saturated rings. The SMILES string of the molecule is Cc1ccc(-n2c(C)cc3nc(/C=C/c4cccnc4)cc(=O)n32)cc1. The van der Waals surface area contributed by atoms with Crippen molar-refractivity contribution in [2.75, 3.05) is 0 Å². The molecule has 0 saturated heterocycles. The first-order valence-corrected chi connectivity index (χ1v) is 8.39. The van der Waals surface area contributed by atoms with Crippen molar-refractivity contribution >= 4 is 17.8 Å². The summed E-state index contributed by atoms with van der Waals surface area (Å²) in [7, 11) is 0. The lowest BCUT2D eigenvalue weighted by molar-refractivity contribution is 0.742. The van der Waals surface area contributed by atoms with Crippen LogP contribution < -0.4 is 5.56 Å². The third kappa shape index (κ3) is 2.95. The highest BCUT2D eigenvalue weighted by Gasteiger charge is 2.11. The number of pyridine rings is 1. The first-order valence-electron chi connectivity index (χ1n) is 8.39. The van der Waals surface area contributed by atoms with Crippen molar-refractivity contribution in [1.82, 2.24) is 19.2 Å². The van der Waals surface area contributed by atoms with E-state index in [4.69, 9.17) is 0 Å². The molecule has 0 spiro atoms. The summed E-state index contributed by atoms with van der Waals surface area (Å²) in [6.45, 7) is 4.01. The molecule has 5 heteroatoms. The van der Waals surface area contributed by atoms with Crippen molar-refractivity contribution in [3.8, 4) is 5.69 Å². The zero-order valence-electron chi connectivity index (χ0n) is 14.6. The number of aromatic nitrogens is 4. The van der Waals surface area contributed by atoms with Gasteiger partial charge in [0.25, 0.3) is 5.56 Å². The molecule has 0 atom stereocenters. The minimum absolute atomic E-state index is 0.116. The Morgan fingerprint density at radius 1 is 1.00 bits per heavy atom. The van der Waals surface area contributed by atoms with Crippen molar-refractivity contribution in [1.29, 1.82) is 0 Å². The second-order valence-corrected chi connectivity index (χ2v) is 6.24. The fourth-order valence-electron chi connectivity index (χ4n) is 2.96. The lowest BCUT2D eigenvalue weighted by atomic mass is 10.2. The van der Waals surface area contributed by atoms with Gasteiger partial charge in [0.2, 0.25) is 0 Å². The van der Waals surface area contributed by atoms with Crippen LogP contribution in [-0.2, 0) is 0 Å². The van der Waals surface area contributed by atoms with E-state index in [1.165, 1.54) is 5.56 Å². The van der Waals surface area contributed by atoms with Gasteiger partial charge in [0, 0.05) is 30.2 Å². The zero-order chi connectivity index (χ0) is 18.1. The van der Waals surface area contributed by atoms with Crippen LogP contribution in [0.2, 0.25) is 0 Å². The molecule has 0 amide bonds. The predicted octanol–water partition coefficient (Wildman–Crippen LogP) is 3.67. The number of hydrogen-bond donors (Lipinski definition) is 0. The van der Waals surface area contributed by atoms with E-state index < -0.39 is 0 Å². The molecule has 0 aliphatic heterocycles. The summed E-state index contributed by atoms with van der Waals surface area (Å²) in [5.74, 6) is 0. The summed E-state index contributed by atoms with van der Waals surface area (Å²) in [4.78, 5) is 21.4. The average Bonchev–Trinajstić information content (AvgIpc) is 2.98. The average molecular weight is 342 g/mol. The van der Waals surface area contributed by atoms with Crippen LogP contribution in [-0.4, -0.2) is 19.2 Å². The maximum absolute atomic E-state index is 12.7. The molecule has 3 aromatic heterocycles. The van der Waals surface area contributed by atoms with Gasteiger partial charge in [0.1, 0.15) is 0 Å². The quantitative estimate of drug-likeness (QED) is 0.571. The molecule has 1 aromatic carbocycles. The lowest BCUT2D eigenvalue weighted by Gasteiger charge is -2.09.